The van der Waals surface area contributed by atoms with Crippen LogP contribution in [0, 0.1) is 0 Å². The van der Waals surface area contributed by atoms with E-state index in [1.165, 1.54) is 53.9 Å². The zero-order chi connectivity index (χ0) is 36.0. The second-order valence-corrected chi connectivity index (χ2v) is 14.5. The summed E-state index contributed by atoms with van der Waals surface area (Å²) in [5.74, 6) is 0. The molecule has 256 valence electrons. The number of para-hydroxylation sites is 3. The van der Waals surface area contributed by atoms with Gasteiger partial charge in [0.15, 0.2) is 0 Å². The zero-order valence-electron chi connectivity index (χ0n) is 29.8. The lowest BCUT2D eigenvalue weighted by Gasteiger charge is -2.26. The van der Waals surface area contributed by atoms with Gasteiger partial charge in [0.25, 0.3) is 0 Å². The number of benzene rings is 9. The number of aromatic nitrogens is 3. The van der Waals surface area contributed by atoms with Crippen LogP contribution in [0.5, 0.6) is 0 Å². The molecule has 0 fully saturated rings. The van der Waals surface area contributed by atoms with E-state index in [4.69, 9.17) is 4.98 Å². The average Bonchev–Trinajstić information content (AvgIpc) is 3.77. The van der Waals surface area contributed by atoms with Crippen LogP contribution in [-0.2, 0) is 0 Å². The average molecular weight is 701 g/mol. The molecule has 4 heteroatoms. The van der Waals surface area contributed by atoms with E-state index in [1.54, 1.807) is 0 Å². The Kier molecular flexibility index (Phi) is 6.31. The summed E-state index contributed by atoms with van der Waals surface area (Å²) in [6.45, 7) is 0. The number of imidazole rings is 1. The monoisotopic (exact) mass is 700 g/mol. The molecule has 0 aliphatic carbocycles. The molecule has 0 amide bonds. The normalized spacial score (nSPS) is 12.0. The molecule has 9 aromatic carbocycles. The van der Waals surface area contributed by atoms with Gasteiger partial charge in [0.05, 0.1) is 22.1 Å². The van der Waals surface area contributed by atoms with Crippen molar-refractivity contribution in [2.45, 2.75) is 0 Å². The predicted octanol–water partition coefficient (Wildman–Crippen LogP) is 13.7. The molecule has 0 radical (unpaired) electrons. The first kappa shape index (κ1) is 30.1. The molecule has 0 saturated carbocycles. The van der Waals surface area contributed by atoms with Gasteiger partial charge in [-0.3, -0.25) is 4.40 Å². The lowest BCUT2D eigenvalue weighted by molar-refractivity contribution is 1.16. The van der Waals surface area contributed by atoms with E-state index in [1.807, 2.05) is 0 Å². The van der Waals surface area contributed by atoms with E-state index in [-0.39, 0.29) is 0 Å². The Morgan fingerprint density at radius 1 is 0.364 bits per heavy atom. The highest BCUT2D eigenvalue weighted by atomic mass is 15.1. The van der Waals surface area contributed by atoms with Crippen LogP contribution in [0.2, 0.25) is 0 Å². The van der Waals surface area contributed by atoms with Crippen LogP contribution in [0.1, 0.15) is 0 Å². The maximum absolute atomic E-state index is 5.10. The Bertz CT molecular complexity index is 3500. The molecule has 0 unspecified atom stereocenters. The maximum Gasteiger partial charge on any atom is 0.140 e. The lowest BCUT2D eigenvalue weighted by Crippen LogP contribution is -2.10. The van der Waals surface area contributed by atoms with Gasteiger partial charge in [-0.15, -0.1) is 0 Å². The van der Waals surface area contributed by atoms with E-state index in [2.05, 4.69) is 208 Å². The Morgan fingerprint density at radius 2 is 0.982 bits per heavy atom. The maximum atomic E-state index is 5.10. The fourth-order valence-corrected chi connectivity index (χ4v) is 8.95. The van der Waals surface area contributed by atoms with Crippen LogP contribution >= 0.6 is 0 Å². The summed E-state index contributed by atoms with van der Waals surface area (Å²) in [5, 5.41) is 12.4. The van der Waals surface area contributed by atoms with Crippen molar-refractivity contribution in [1.29, 1.82) is 0 Å². The van der Waals surface area contributed by atoms with E-state index in [0.29, 0.717) is 0 Å². The van der Waals surface area contributed by atoms with Gasteiger partial charge in [-0.1, -0.05) is 115 Å². The highest BCUT2D eigenvalue weighted by molar-refractivity contribution is 6.29. The fraction of sp³-hybridized carbons (Fsp3) is 0. The zero-order valence-corrected chi connectivity index (χ0v) is 29.8. The summed E-state index contributed by atoms with van der Waals surface area (Å²) in [5.41, 5.74) is 9.69. The van der Waals surface area contributed by atoms with E-state index in [0.717, 1.165) is 50.5 Å². The minimum absolute atomic E-state index is 0.927. The lowest BCUT2D eigenvalue weighted by atomic mass is 9.93. The SMILES string of the molecule is c1ccc(N(c2cccc(-n3c4cc5c6ccccc6c6ccccc6c5cc4c4cn5c(cc43)nc3ccccc35)c2)c2ccc3ccccc3c2)cc1. The van der Waals surface area contributed by atoms with Crippen LogP contribution < -0.4 is 4.90 Å². The van der Waals surface area contributed by atoms with Crippen molar-refractivity contribution < 1.29 is 0 Å². The summed E-state index contributed by atoms with van der Waals surface area (Å²) < 4.78 is 4.69. The number of rotatable bonds is 4. The molecule has 0 aliphatic rings. The highest BCUT2D eigenvalue weighted by Gasteiger charge is 2.20. The van der Waals surface area contributed by atoms with Crippen molar-refractivity contribution in [2.75, 3.05) is 4.90 Å². The molecule has 12 aromatic rings. The summed E-state index contributed by atoms with van der Waals surface area (Å²) in [7, 11) is 0. The number of hydrogen-bond acceptors (Lipinski definition) is 2. The topological polar surface area (TPSA) is 25.5 Å². The Hall–Kier alpha value is -7.43. The predicted molar refractivity (Wildman–Crippen MR) is 232 cm³/mol. The minimum Gasteiger partial charge on any atom is -0.310 e. The summed E-state index contributed by atoms with van der Waals surface area (Å²) in [4.78, 5) is 7.46. The van der Waals surface area contributed by atoms with Crippen LogP contribution in [0.4, 0.5) is 17.1 Å². The third-order valence-corrected chi connectivity index (χ3v) is 11.4. The van der Waals surface area contributed by atoms with Crippen LogP contribution in [0.15, 0.2) is 194 Å². The first-order chi connectivity index (χ1) is 27.3. The van der Waals surface area contributed by atoms with Crippen molar-refractivity contribution in [3.63, 3.8) is 0 Å². The van der Waals surface area contributed by atoms with Crippen molar-refractivity contribution in [3.8, 4) is 5.69 Å². The molecule has 4 nitrogen and oxygen atoms in total. The van der Waals surface area contributed by atoms with Crippen molar-refractivity contribution in [2.24, 2.45) is 0 Å². The van der Waals surface area contributed by atoms with Gasteiger partial charge < -0.3 is 9.47 Å². The Morgan fingerprint density at radius 3 is 1.78 bits per heavy atom. The Labute approximate surface area is 316 Å². The highest BCUT2D eigenvalue weighted by Crippen LogP contribution is 2.43. The minimum atomic E-state index is 0.927. The van der Waals surface area contributed by atoms with Crippen molar-refractivity contribution in [1.82, 2.24) is 14.0 Å². The van der Waals surface area contributed by atoms with Gasteiger partial charge >= 0.3 is 0 Å². The quantitative estimate of drug-likeness (QED) is 0.171. The molecule has 0 aliphatic heterocycles. The van der Waals surface area contributed by atoms with E-state index >= 15 is 0 Å². The van der Waals surface area contributed by atoms with Gasteiger partial charge in [-0.25, -0.2) is 4.98 Å². The molecule has 0 atom stereocenters. The molecular formula is C51H32N4. The molecule has 0 saturated heterocycles. The van der Waals surface area contributed by atoms with Crippen LogP contribution in [0.25, 0.3) is 87.3 Å². The first-order valence-corrected chi connectivity index (χ1v) is 18.8. The number of pyridine rings is 1. The van der Waals surface area contributed by atoms with Gasteiger partial charge in [-0.2, -0.15) is 0 Å². The van der Waals surface area contributed by atoms with Gasteiger partial charge in [0, 0.05) is 45.8 Å². The molecule has 0 spiro atoms. The summed E-state index contributed by atoms with van der Waals surface area (Å²) in [6.07, 6.45) is 2.29. The number of hydrogen-bond donors (Lipinski definition) is 0. The molecule has 0 N–H and O–H groups in total. The van der Waals surface area contributed by atoms with E-state index in [9.17, 15) is 0 Å². The molecule has 12 rings (SSSR count). The Balaban J connectivity index is 1.18. The van der Waals surface area contributed by atoms with Crippen LogP contribution in [-0.4, -0.2) is 14.0 Å². The first-order valence-electron chi connectivity index (χ1n) is 18.8. The van der Waals surface area contributed by atoms with Gasteiger partial charge in [0.2, 0.25) is 0 Å². The second-order valence-electron chi connectivity index (χ2n) is 14.5. The third kappa shape index (κ3) is 4.49. The number of anilines is 3. The van der Waals surface area contributed by atoms with Crippen molar-refractivity contribution in [3.05, 3.63) is 194 Å². The number of fused-ring (bicyclic) bond motifs is 13. The van der Waals surface area contributed by atoms with Gasteiger partial charge in [0.1, 0.15) is 5.65 Å². The molecule has 3 aromatic heterocycles. The third-order valence-electron chi connectivity index (χ3n) is 11.4. The van der Waals surface area contributed by atoms with Gasteiger partial charge in [-0.05, 0) is 110 Å². The molecule has 55 heavy (non-hydrogen) atoms. The molecule has 3 heterocycles. The fourth-order valence-electron chi connectivity index (χ4n) is 8.95. The number of nitrogens with zero attached hydrogens (tertiary/aromatic N) is 4. The largest absolute Gasteiger partial charge is 0.310 e. The smallest absolute Gasteiger partial charge is 0.140 e. The molecular weight excluding hydrogens is 669 g/mol. The standard InChI is InChI=1S/C51H32N4/c1-2-15-35(16-3-1)54(38-26-25-33-13-4-5-14-34(33)27-38)36-17-12-18-37(28-36)55-49-30-44-42-22-9-7-20-40(42)39-19-6-8-21-41(39)43(44)29-45(49)46-32-53-48-24-11-10-23-47(48)52-51(53)31-50(46)55/h1-32H. The molecule has 0 bridgehead atoms. The van der Waals surface area contributed by atoms with Crippen LogP contribution in [0.3, 0.4) is 0 Å². The van der Waals surface area contributed by atoms with E-state index < -0.39 is 0 Å². The second kappa shape index (κ2) is 11.5. The summed E-state index contributed by atoms with van der Waals surface area (Å²) >= 11 is 0. The summed E-state index contributed by atoms with van der Waals surface area (Å²) in [6, 6.07) is 68.1. The van der Waals surface area contributed by atoms with Crippen molar-refractivity contribution >= 4 is 98.6 Å².